The third-order valence-electron chi connectivity index (χ3n) is 1.45. The van der Waals surface area contributed by atoms with Gasteiger partial charge in [0.1, 0.15) is 10.1 Å². The van der Waals surface area contributed by atoms with Crippen molar-refractivity contribution in [2.24, 2.45) is 0 Å². The Kier molecular flexibility index (Phi) is 4.16. The Morgan fingerprint density at radius 1 is 1.42 bits per heavy atom. The molecule has 0 fully saturated rings. The van der Waals surface area contributed by atoms with Gasteiger partial charge in [0.25, 0.3) is 0 Å². The number of aliphatic hydroxyl groups is 1. The van der Waals surface area contributed by atoms with Crippen molar-refractivity contribution in [3.63, 3.8) is 0 Å². The molecule has 0 heterocycles. The van der Waals surface area contributed by atoms with Gasteiger partial charge in [0.2, 0.25) is 0 Å². The molecule has 6 heteroatoms. The molecule has 12 heavy (non-hydrogen) atoms. The Morgan fingerprint density at radius 3 is 2.25 bits per heavy atom. The van der Waals surface area contributed by atoms with Gasteiger partial charge in [-0.1, -0.05) is 18.2 Å². The molecular formula is C6H7NaO4S. The van der Waals surface area contributed by atoms with Gasteiger partial charge in [-0.25, -0.2) is 8.42 Å². The molecule has 1 aliphatic carbocycles. The number of allylic oxidation sites excluding steroid dienone is 2. The van der Waals surface area contributed by atoms with Crippen LogP contribution in [0.15, 0.2) is 24.3 Å². The van der Waals surface area contributed by atoms with E-state index >= 15 is 0 Å². The van der Waals surface area contributed by atoms with E-state index in [2.05, 4.69) is 0 Å². The van der Waals surface area contributed by atoms with Crippen LogP contribution in [0.5, 0.6) is 0 Å². The smallest absolute Gasteiger partial charge is 0.745 e. The summed E-state index contributed by atoms with van der Waals surface area (Å²) in [5.41, 5.74) is 0. The van der Waals surface area contributed by atoms with E-state index in [1.165, 1.54) is 12.2 Å². The van der Waals surface area contributed by atoms with Gasteiger partial charge < -0.3 is 9.66 Å². The molecule has 1 atom stereocenters. The van der Waals surface area contributed by atoms with Crippen molar-refractivity contribution >= 4 is 10.1 Å². The van der Waals surface area contributed by atoms with E-state index in [9.17, 15) is 13.0 Å². The van der Waals surface area contributed by atoms with Crippen molar-refractivity contribution < 1.29 is 47.6 Å². The topological polar surface area (TPSA) is 77.4 Å². The van der Waals surface area contributed by atoms with Crippen LogP contribution in [0.4, 0.5) is 0 Å². The number of rotatable bonds is 1. The summed E-state index contributed by atoms with van der Waals surface area (Å²) in [6.07, 6.45) is 5.14. The Hall–Kier alpha value is 0.350. The summed E-state index contributed by atoms with van der Waals surface area (Å²) >= 11 is 0. The maximum Gasteiger partial charge on any atom is 1.00 e. The molecule has 1 unspecified atom stereocenters. The fraction of sp³-hybridized carbons (Fsp3) is 0.333. The van der Waals surface area contributed by atoms with Crippen LogP contribution in [0, 0.1) is 0 Å². The van der Waals surface area contributed by atoms with Crippen LogP contribution in [0.25, 0.3) is 0 Å². The van der Waals surface area contributed by atoms with E-state index in [0.29, 0.717) is 0 Å². The van der Waals surface area contributed by atoms with Crippen LogP contribution < -0.4 is 29.6 Å². The first-order valence-corrected chi connectivity index (χ1v) is 4.39. The molecule has 0 saturated heterocycles. The van der Waals surface area contributed by atoms with Crippen LogP contribution in [0.2, 0.25) is 0 Å². The Labute approximate surface area is 93.0 Å². The molecule has 1 N–H and O–H groups in total. The second-order valence-corrected chi connectivity index (χ2v) is 3.91. The minimum Gasteiger partial charge on any atom is -0.745 e. The molecule has 0 spiro atoms. The molecule has 1 rings (SSSR count). The van der Waals surface area contributed by atoms with Gasteiger partial charge in [0, 0.05) is 6.42 Å². The summed E-state index contributed by atoms with van der Waals surface area (Å²) < 4.78 is 31.3. The zero-order chi connectivity index (χ0) is 8.54. The van der Waals surface area contributed by atoms with E-state index < -0.39 is 15.1 Å². The summed E-state index contributed by atoms with van der Waals surface area (Å²) in [4.78, 5) is -2.23. The molecule has 0 radical (unpaired) electrons. The summed E-state index contributed by atoms with van der Waals surface area (Å²) in [7, 11) is -4.66. The molecule has 0 aliphatic heterocycles. The minimum atomic E-state index is -4.66. The normalized spacial score (nSPS) is 28.2. The van der Waals surface area contributed by atoms with Crippen molar-refractivity contribution in [3.8, 4) is 0 Å². The fourth-order valence-corrected chi connectivity index (χ4v) is 1.32. The summed E-state index contributed by atoms with van der Waals surface area (Å²) in [5, 5.41) is 9.17. The molecule has 0 amide bonds. The van der Waals surface area contributed by atoms with E-state index in [1.54, 1.807) is 6.08 Å². The van der Waals surface area contributed by atoms with Gasteiger partial charge in [0.05, 0.1) is 0 Å². The quantitative estimate of drug-likeness (QED) is 0.354. The molecule has 62 valence electrons. The minimum absolute atomic E-state index is 0. The standard InChI is InChI=1S/C6H8O4S.Na/c7-6(11(8,9)10)4-2-1-3-5-6;/h1-4,7H,5H2,(H,8,9,10);/q;+1/p-1. The molecule has 0 aromatic carbocycles. The molecule has 1 aliphatic rings. The number of hydrogen-bond acceptors (Lipinski definition) is 4. The molecule has 4 nitrogen and oxygen atoms in total. The molecule has 0 aromatic heterocycles. The first kappa shape index (κ1) is 12.3. The van der Waals surface area contributed by atoms with Gasteiger partial charge >= 0.3 is 29.6 Å². The maximum absolute atomic E-state index is 10.4. The van der Waals surface area contributed by atoms with E-state index in [-0.39, 0.29) is 36.0 Å². The van der Waals surface area contributed by atoms with Gasteiger partial charge in [-0.05, 0) is 6.08 Å². The molecule has 0 bridgehead atoms. The zero-order valence-corrected chi connectivity index (χ0v) is 9.41. The number of hydrogen-bond donors (Lipinski definition) is 1. The second-order valence-electron chi connectivity index (χ2n) is 2.29. The molecule has 0 aromatic rings. The van der Waals surface area contributed by atoms with E-state index in [1.807, 2.05) is 0 Å². The first-order chi connectivity index (χ1) is 4.96. The van der Waals surface area contributed by atoms with Gasteiger partial charge in [-0.15, -0.1) is 0 Å². The predicted octanol–water partition coefficient (Wildman–Crippen LogP) is -3.26. The van der Waals surface area contributed by atoms with Crippen molar-refractivity contribution in [3.05, 3.63) is 24.3 Å². The van der Waals surface area contributed by atoms with Crippen LogP contribution in [0.1, 0.15) is 6.42 Å². The second kappa shape index (κ2) is 4.04. The van der Waals surface area contributed by atoms with Gasteiger partial charge in [-0.3, -0.25) is 0 Å². The third kappa shape index (κ3) is 2.42. The van der Waals surface area contributed by atoms with Crippen LogP contribution >= 0.6 is 0 Å². The average Bonchev–Trinajstić information content (AvgIpc) is 1.87. The van der Waals surface area contributed by atoms with Crippen LogP contribution in [-0.4, -0.2) is 23.0 Å². The molecule has 0 saturated carbocycles. The van der Waals surface area contributed by atoms with Crippen LogP contribution in [-0.2, 0) is 10.1 Å². The monoisotopic (exact) mass is 198 g/mol. The van der Waals surface area contributed by atoms with Crippen molar-refractivity contribution in [1.82, 2.24) is 0 Å². The van der Waals surface area contributed by atoms with Gasteiger partial charge in [0.15, 0.2) is 4.93 Å². The fourth-order valence-electron chi connectivity index (χ4n) is 0.775. The zero-order valence-electron chi connectivity index (χ0n) is 6.60. The Morgan fingerprint density at radius 2 is 2.00 bits per heavy atom. The third-order valence-corrected chi connectivity index (χ3v) is 2.62. The van der Waals surface area contributed by atoms with E-state index in [0.717, 1.165) is 6.08 Å². The van der Waals surface area contributed by atoms with Gasteiger partial charge in [-0.2, -0.15) is 0 Å². The van der Waals surface area contributed by atoms with E-state index in [4.69, 9.17) is 5.11 Å². The summed E-state index contributed by atoms with van der Waals surface area (Å²) in [5.74, 6) is 0. The van der Waals surface area contributed by atoms with Crippen molar-refractivity contribution in [2.75, 3.05) is 0 Å². The predicted molar refractivity (Wildman–Crippen MR) is 37.5 cm³/mol. The SMILES string of the molecule is O=S(=O)([O-])C1(O)C=CC=CC1.[Na+]. The molecular weight excluding hydrogens is 191 g/mol. The van der Waals surface area contributed by atoms with Crippen molar-refractivity contribution in [2.45, 2.75) is 11.4 Å². The largest absolute Gasteiger partial charge is 1.00 e. The Balaban J connectivity index is 0.00000121. The summed E-state index contributed by atoms with van der Waals surface area (Å²) in [6, 6.07) is 0. The first-order valence-electron chi connectivity index (χ1n) is 2.98. The maximum atomic E-state index is 10.4. The average molecular weight is 198 g/mol. The van der Waals surface area contributed by atoms with Crippen LogP contribution in [0.3, 0.4) is 0 Å². The summed E-state index contributed by atoms with van der Waals surface area (Å²) in [6.45, 7) is 0. The Bertz CT molecular complexity index is 306. The van der Waals surface area contributed by atoms with Crippen molar-refractivity contribution in [1.29, 1.82) is 0 Å².